The van der Waals surface area contributed by atoms with Crippen molar-refractivity contribution in [3.05, 3.63) is 70.5 Å². The number of allylic oxidation sites excluding steroid dienone is 4. The van der Waals surface area contributed by atoms with E-state index < -0.39 is 0 Å². The molecule has 0 aromatic heterocycles. The number of hydrogen-bond donors (Lipinski definition) is 0. The highest BCUT2D eigenvalue weighted by atomic mass is 15.2. The molecule has 0 N–H and O–H groups in total. The van der Waals surface area contributed by atoms with Gasteiger partial charge in [0.05, 0.1) is 6.54 Å². The Morgan fingerprint density at radius 3 is 2.88 bits per heavy atom. The maximum Gasteiger partial charge on any atom is 0.0570 e. The second-order valence-corrected chi connectivity index (χ2v) is 8.49. The molecule has 3 atom stereocenters. The fraction of sp³-hybridized carbons (Fsp3) is 0.458. The van der Waals surface area contributed by atoms with Crippen molar-refractivity contribution < 1.29 is 0 Å². The van der Waals surface area contributed by atoms with E-state index in [9.17, 15) is 0 Å². The van der Waals surface area contributed by atoms with Crippen LogP contribution >= 0.6 is 0 Å². The van der Waals surface area contributed by atoms with E-state index in [-0.39, 0.29) is 5.41 Å². The van der Waals surface area contributed by atoms with E-state index in [2.05, 4.69) is 67.4 Å². The van der Waals surface area contributed by atoms with E-state index in [1.54, 1.807) is 22.4 Å². The van der Waals surface area contributed by atoms with Crippen LogP contribution in [-0.2, 0) is 6.42 Å². The molecule has 0 saturated carbocycles. The van der Waals surface area contributed by atoms with Crippen molar-refractivity contribution in [2.75, 3.05) is 13.1 Å². The number of nitrogens with zero attached hydrogens (tertiary/aromatic N) is 2. The predicted molar refractivity (Wildman–Crippen MR) is 108 cm³/mol. The lowest BCUT2D eigenvalue weighted by Crippen LogP contribution is -2.46. The molecular formula is C24H28N2. The first-order chi connectivity index (χ1) is 12.7. The summed E-state index contributed by atoms with van der Waals surface area (Å²) in [6.45, 7) is 6.87. The van der Waals surface area contributed by atoms with Crippen molar-refractivity contribution >= 4 is 6.21 Å². The van der Waals surface area contributed by atoms with Crippen molar-refractivity contribution in [2.24, 2.45) is 16.3 Å². The SMILES string of the molecule is CC1C2CC3=C(CCC4=C3/C=C\C/N=C\C41C)N2CCc1ccccc1. The predicted octanol–water partition coefficient (Wildman–Crippen LogP) is 4.94. The standard InChI is InChI=1S/C24H28N2/c1-17-23-15-20-19-9-6-13-25-16-24(17,2)21(19)10-11-22(20)26(23)14-12-18-7-4-3-5-8-18/h3-9,16-17,23H,10-15H2,1-2H3/b9-6-,25-16-. The van der Waals surface area contributed by atoms with E-state index >= 15 is 0 Å². The normalized spacial score (nSPS) is 34.6. The topological polar surface area (TPSA) is 15.6 Å². The van der Waals surface area contributed by atoms with Gasteiger partial charge in [0.25, 0.3) is 0 Å². The number of hydrogen-bond acceptors (Lipinski definition) is 2. The van der Waals surface area contributed by atoms with E-state index in [0.717, 1.165) is 19.5 Å². The summed E-state index contributed by atoms with van der Waals surface area (Å²) in [6, 6.07) is 11.6. The van der Waals surface area contributed by atoms with Crippen LogP contribution in [0.2, 0.25) is 0 Å². The average molecular weight is 345 g/mol. The molecule has 4 aliphatic rings. The van der Waals surface area contributed by atoms with Crippen molar-refractivity contribution in [1.29, 1.82) is 0 Å². The lowest BCUT2D eigenvalue weighted by Gasteiger charge is -2.46. The minimum Gasteiger partial charge on any atom is -0.371 e. The Morgan fingerprint density at radius 2 is 2.04 bits per heavy atom. The van der Waals surface area contributed by atoms with Gasteiger partial charge < -0.3 is 4.90 Å². The summed E-state index contributed by atoms with van der Waals surface area (Å²) < 4.78 is 0. The zero-order chi connectivity index (χ0) is 17.7. The zero-order valence-electron chi connectivity index (χ0n) is 15.9. The van der Waals surface area contributed by atoms with Crippen LogP contribution < -0.4 is 0 Å². The summed E-state index contributed by atoms with van der Waals surface area (Å²) in [7, 11) is 0. The smallest absolute Gasteiger partial charge is 0.0570 e. The van der Waals surface area contributed by atoms with Gasteiger partial charge in [-0.15, -0.1) is 0 Å². The zero-order valence-corrected chi connectivity index (χ0v) is 15.9. The number of benzene rings is 1. The van der Waals surface area contributed by atoms with Crippen molar-refractivity contribution in [2.45, 2.75) is 45.6 Å². The number of likely N-dealkylation sites (tertiary alicyclic amines) is 1. The Kier molecular flexibility index (Phi) is 3.70. The second kappa shape index (κ2) is 5.97. The molecule has 1 aromatic carbocycles. The van der Waals surface area contributed by atoms with Crippen LogP contribution in [0.3, 0.4) is 0 Å². The molecule has 2 nitrogen and oxygen atoms in total. The van der Waals surface area contributed by atoms with Crippen molar-refractivity contribution in [3.8, 4) is 0 Å². The molecular weight excluding hydrogens is 316 g/mol. The Labute approximate surface area is 157 Å². The molecule has 3 unspecified atom stereocenters. The van der Waals surface area contributed by atoms with E-state index in [1.165, 1.54) is 24.8 Å². The highest BCUT2D eigenvalue weighted by molar-refractivity contribution is 5.75. The second-order valence-electron chi connectivity index (χ2n) is 8.49. The average Bonchev–Trinajstić information content (AvgIpc) is 3.00. The maximum absolute atomic E-state index is 4.75. The third kappa shape index (κ3) is 2.27. The first kappa shape index (κ1) is 16.1. The Bertz CT molecular complexity index is 842. The molecule has 2 aliphatic carbocycles. The third-order valence-electron chi connectivity index (χ3n) is 7.28. The Morgan fingerprint density at radius 1 is 1.19 bits per heavy atom. The summed E-state index contributed by atoms with van der Waals surface area (Å²) in [5.41, 5.74) is 8.03. The van der Waals surface area contributed by atoms with Gasteiger partial charge in [0.2, 0.25) is 0 Å². The van der Waals surface area contributed by atoms with Crippen LogP contribution in [0.25, 0.3) is 0 Å². The van der Waals surface area contributed by atoms with Crippen molar-refractivity contribution in [1.82, 2.24) is 4.90 Å². The van der Waals surface area contributed by atoms with E-state index in [0.29, 0.717) is 12.0 Å². The molecule has 134 valence electrons. The number of fused-ring (bicyclic) bond motifs is 1. The van der Waals surface area contributed by atoms with Gasteiger partial charge in [-0.25, -0.2) is 0 Å². The van der Waals surface area contributed by atoms with Gasteiger partial charge in [0.15, 0.2) is 0 Å². The highest BCUT2D eigenvalue weighted by Gasteiger charge is 2.50. The molecule has 5 rings (SSSR count). The minimum atomic E-state index is 0.101. The molecule has 0 saturated heterocycles. The molecule has 2 heteroatoms. The maximum atomic E-state index is 4.75. The van der Waals surface area contributed by atoms with Gasteiger partial charge in [-0.1, -0.05) is 61.9 Å². The quantitative estimate of drug-likeness (QED) is 0.758. The largest absolute Gasteiger partial charge is 0.371 e. The molecule has 26 heavy (non-hydrogen) atoms. The third-order valence-corrected chi connectivity index (χ3v) is 7.28. The fourth-order valence-corrected chi connectivity index (χ4v) is 5.68. The molecule has 2 heterocycles. The first-order valence-corrected chi connectivity index (χ1v) is 10.1. The van der Waals surface area contributed by atoms with Crippen LogP contribution in [0.1, 0.15) is 38.7 Å². The fourth-order valence-electron chi connectivity index (χ4n) is 5.68. The van der Waals surface area contributed by atoms with Gasteiger partial charge in [-0.05, 0) is 48.3 Å². The Balaban J connectivity index is 1.56. The monoisotopic (exact) mass is 344 g/mol. The van der Waals surface area contributed by atoms with Gasteiger partial charge in [-0.3, -0.25) is 4.99 Å². The lowest BCUT2D eigenvalue weighted by molar-refractivity contribution is 0.152. The number of rotatable bonds is 3. The molecule has 2 aliphatic heterocycles. The molecule has 0 radical (unpaired) electrons. The summed E-state index contributed by atoms with van der Waals surface area (Å²) >= 11 is 0. The lowest BCUT2D eigenvalue weighted by atomic mass is 9.66. The summed E-state index contributed by atoms with van der Waals surface area (Å²) in [5.74, 6) is 0.592. The van der Waals surface area contributed by atoms with Gasteiger partial charge in [-0.2, -0.15) is 0 Å². The Hall–Kier alpha value is -2.09. The minimum absolute atomic E-state index is 0.101. The van der Waals surface area contributed by atoms with Gasteiger partial charge >= 0.3 is 0 Å². The van der Waals surface area contributed by atoms with Gasteiger partial charge in [0.1, 0.15) is 0 Å². The summed E-state index contributed by atoms with van der Waals surface area (Å²) in [4.78, 5) is 7.52. The van der Waals surface area contributed by atoms with Crippen LogP contribution in [-0.4, -0.2) is 30.2 Å². The highest BCUT2D eigenvalue weighted by Crippen LogP contribution is 2.56. The van der Waals surface area contributed by atoms with E-state index in [4.69, 9.17) is 4.99 Å². The molecule has 0 amide bonds. The number of aliphatic imine (C=N–C) groups is 1. The van der Waals surface area contributed by atoms with Crippen LogP contribution in [0.15, 0.2) is 69.9 Å². The summed E-state index contributed by atoms with van der Waals surface area (Å²) in [6.07, 6.45) is 11.7. The van der Waals surface area contributed by atoms with Gasteiger partial charge in [0, 0.05) is 29.9 Å². The first-order valence-electron chi connectivity index (χ1n) is 10.1. The molecule has 0 spiro atoms. The van der Waals surface area contributed by atoms with Crippen LogP contribution in [0.5, 0.6) is 0 Å². The van der Waals surface area contributed by atoms with Crippen LogP contribution in [0, 0.1) is 11.3 Å². The molecule has 0 fully saturated rings. The summed E-state index contributed by atoms with van der Waals surface area (Å²) in [5, 5.41) is 0. The van der Waals surface area contributed by atoms with E-state index in [1.807, 2.05) is 0 Å². The molecule has 1 aromatic rings. The van der Waals surface area contributed by atoms with Crippen LogP contribution in [0.4, 0.5) is 0 Å². The van der Waals surface area contributed by atoms with Crippen molar-refractivity contribution in [3.63, 3.8) is 0 Å². The molecule has 5 bridgehead atoms.